The second-order valence-corrected chi connectivity index (χ2v) is 6.94. The van der Waals surface area contributed by atoms with Crippen molar-refractivity contribution < 1.29 is 33.3 Å². The van der Waals surface area contributed by atoms with Crippen molar-refractivity contribution in [1.82, 2.24) is 10.2 Å². The van der Waals surface area contributed by atoms with E-state index in [1.54, 1.807) is 24.3 Å². The Kier molecular flexibility index (Phi) is 7.99. The topological polar surface area (TPSA) is 107 Å². The highest BCUT2D eigenvalue weighted by Crippen LogP contribution is 2.29. The highest BCUT2D eigenvalue weighted by molar-refractivity contribution is 6.06. The third kappa shape index (κ3) is 5.40. The fraction of sp³-hybridized carbons (Fsp3) is 0.476. The van der Waals surface area contributed by atoms with E-state index in [1.165, 1.54) is 19.1 Å². The molecule has 1 fully saturated rings. The number of hydrogen-bond acceptors (Lipinski definition) is 9. The average Bonchev–Trinajstić information content (AvgIpc) is 2.83. The molecule has 31 heavy (non-hydrogen) atoms. The summed E-state index contributed by atoms with van der Waals surface area (Å²) in [6.07, 6.45) is 0. The molecular formula is C21H27N3O7. The minimum Gasteiger partial charge on any atom is -0.466 e. The minimum absolute atomic E-state index is 0.00540. The number of amides is 1. The lowest BCUT2D eigenvalue weighted by atomic mass is 10.1. The maximum atomic E-state index is 12.9. The standard InChI is InChI=1S/C21H27N3O7/c1-28-20(26)16-13-31-14-24(18(16)21(27)29-2)17-6-4-3-5-15(17)19(25)22-7-8-23-9-11-30-12-10-23/h3-6H,7-14H2,1-2H3,(H,22,25). The summed E-state index contributed by atoms with van der Waals surface area (Å²) >= 11 is 0. The molecule has 1 aromatic rings. The number of morpholine rings is 1. The van der Waals surface area contributed by atoms with E-state index in [0.717, 1.165) is 13.1 Å². The largest absolute Gasteiger partial charge is 0.466 e. The van der Waals surface area contributed by atoms with Crippen molar-refractivity contribution in [2.24, 2.45) is 0 Å². The van der Waals surface area contributed by atoms with Gasteiger partial charge < -0.3 is 29.2 Å². The van der Waals surface area contributed by atoms with Crippen molar-refractivity contribution in [2.75, 3.05) is 71.8 Å². The molecule has 1 saturated heterocycles. The van der Waals surface area contributed by atoms with E-state index in [9.17, 15) is 14.4 Å². The van der Waals surface area contributed by atoms with Crippen LogP contribution in [0.3, 0.4) is 0 Å². The summed E-state index contributed by atoms with van der Waals surface area (Å²) in [6, 6.07) is 6.80. The van der Waals surface area contributed by atoms with Crippen molar-refractivity contribution in [3.05, 3.63) is 41.1 Å². The van der Waals surface area contributed by atoms with Crippen LogP contribution in [-0.4, -0.2) is 89.7 Å². The van der Waals surface area contributed by atoms with Crippen LogP contribution in [0.25, 0.3) is 0 Å². The smallest absolute Gasteiger partial charge is 0.355 e. The molecule has 0 aromatic heterocycles. The van der Waals surface area contributed by atoms with Crippen LogP contribution in [0.4, 0.5) is 5.69 Å². The van der Waals surface area contributed by atoms with Gasteiger partial charge in [0.1, 0.15) is 12.4 Å². The number of rotatable bonds is 7. The van der Waals surface area contributed by atoms with Crippen LogP contribution in [0.15, 0.2) is 35.5 Å². The molecule has 0 unspecified atom stereocenters. The molecule has 0 saturated carbocycles. The number of methoxy groups -OCH3 is 2. The van der Waals surface area contributed by atoms with Crippen LogP contribution in [-0.2, 0) is 28.5 Å². The molecule has 1 aromatic carbocycles. The molecule has 0 spiro atoms. The Hall–Kier alpha value is -2.95. The summed E-state index contributed by atoms with van der Waals surface area (Å²) < 4.78 is 20.5. The lowest BCUT2D eigenvalue weighted by Crippen LogP contribution is -2.42. The monoisotopic (exact) mass is 433 g/mol. The Balaban J connectivity index is 1.82. The highest BCUT2D eigenvalue weighted by atomic mass is 16.5. The van der Waals surface area contributed by atoms with Crippen molar-refractivity contribution in [3.63, 3.8) is 0 Å². The summed E-state index contributed by atoms with van der Waals surface area (Å²) in [4.78, 5) is 41.3. The first-order chi connectivity index (χ1) is 15.1. The number of carbonyl (C=O) groups excluding carboxylic acids is 3. The van der Waals surface area contributed by atoms with E-state index in [4.69, 9.17) is 18.9 Å². The van der Waals surface area contributed by atoms with Crippen LogP contribution < -0.4 is 10.2 Å². The molecule has 2 heterocycles. The molecule has 3 rings (SSSR count). The molecule has 0 aliphatic carbocycles. The van der Waals surface area contributed by atoms with Crippen molar-refractivity contribution >= 4 is 23.5 Å². The maximum Gasteiger partial charge on any atom is 0.355 e. The van der Waals surface area contributed by atoms with E-state index in [1.807, 2.05) is 0 Å². The lowest BCUT2D eigenvalue weighted by Gasteiger charge is -2.32. The number of benzene rings is 1. The summed E-state index contributed by atoms with van der Waals surface area (Å²) in [5.41, 5.74) is 0.797. The van der Waals surface area contributed by atoms with Crippen LogP contribution in [0, 0.1) is 0 Å². The quantitative estimate of drug-likeness (QED) is 0.601. The number of nitrogens with one attached hydrogen (secondary N) is 1. The lowest BCUT2D eigenvalue weighted by molar-refractivity contribution is -0.140. The van der Waals surface area contributed by atoms with Gasteiger partial charge in [0.05, 0.1) is 50.9 Å². The normalized spacial score (nSPS) is 17.3. The third-order valence-corrected chi connectivity index (χ3v) is 5.09. The third-order valence-electron chi connectivity index (χ3n) is 5.09. The van der Waals surface area contributed by atoms with Gasteiger partial charge in [-0.15, -0.1) is 0 Å². The molecule has 0 bridgehead atoms. The summed E-state index contributed by atoms with van der Waals surface area (Å²) in [5.74, 6) is -1.71. The number of ether oxygens (including phenoxy) is 4. The molecule has 10 nitrogen and oxygen atoms in total. The van der Waals surface area contributed by atoms with Gasteiger partial charge in [-0.2, -0.15) is 0 Å². The number of carbonyl (C=O) groups is 3. The Labute approximate surface area is 180 Å². The molecule has 0 atom stereocenters. The average molecular weight is 433 g/mol. The summed E-state index contributed by atoms with van der Waals surface area (Å²) in [7, 11) is 2.45. The van der Waals surface area contributed by atoms with E-state index in [2.05, 4.69) is 10.2 Å². The zero-order chi connectivity index (χ0) is 22.2. The van der Waals surface area contributed by atoms with E-state index in [-0.39, 0.29) is 30.5 Å². The fourth-order valence-corrected chi connectivity index (χ4v) is 3.48. The number of nitrogens with zero attached hydrogens (tertiary/aromatic N) is 2. The summed E-state index contributed by atoms with van der Waals surface area (Å²) in [5, 5.41) is 2.92. The first-order valence-corrected chi connectivity index (χ1v) is 9.99. The number of para-hydroxylation sites is 1. The predicted octanol–water partition coefficient (Wildman–Crippen LogP) is 0.143. The Morgan fingerprint density at radius 1 is 1.03 bits per heavy atom. The molecule has 0 radical (unpaired) electrons. The van der Waals surface area contributed by atoms with Crippen LogP contribution >= 0.6 is 0 Å². The molecule has 1 amide bonds. The van der Waals surface area contributed by atoms with Gasteiger partial charge in [0.25, 0.3) is 5.91 Å². The van der Waals surface area contributed by atoms with E-state index in [0.29, 0.717) is 37.6 Å². The Morgan fingerprint density at radius 2 is 1.74 bits per heavy atom. The second kappa shape index (κ2) is 10.9. The van der Waals surface area contributed by atoms with Gasteiger partial charge in [-0.25, -0.2) is 9.59 Å². The number of esters is 2. The van der Waals surface area contributed by atoms with Crippen LogP contribution in [0.5, 0.6) is 0 Å². The SMILES string of the molecule is COC(=O)C1=C(C(=O)OC)N(c2ccccc2C(=O)NCCN2CCOCC2)COC1. The molecule has 168 valence electrons. The minimum atomic E-state index is -0.716. The van der Waals surface area contributed by atoms with Gasteiger partial charge in [-0.1, -0.05) is 12.1 Å². The van der Waals surface area contributed by atoms with Gasteiger partial charge >= 0.3 is 11.9 Å². The van der Waals surface area contributed by atoms with Gasteiger partial charge in [0.15, 0.2) is 0 Å². The molecule has 10 heteroatoms. The van der Waals surface area contributed by atoms with Gasteiger partial charge in [0, 0.05) is 26.2 Å². The fourth-order valence-electron chi connectivity index (χ4n) is 3.48. The van der Waals surface area contributed by atoms with Gasteiger partial charge in [-0.05, 0) is 12.1 Å². The van der Waals surface area contributed by atoms with Gasteiger partial charge in [0.2, 0.25) is 0 Å². The molecule has 1 N–H and O–H groups in total. The maximum absolute atomic E-state index is 12.9. The van der Waals surface area contributed by atoms with E-state index < -0.39 is 11.9 Å². The van der Waals surface area contributed by atoms with E-state index >= 15 is 0 Å². The highest BCUT2D eigenvalue weighted by Gasteiger charge is 2.34. The molecule has 2 aliphatic heterocycles. The Morgan fingerprint density at radius 3 is 2.45 bits per heavy atom. The first kappa shape index (κ1) is 22.7. The summed E-state index contributed by atoms with van der Waals surface area (Å²) in [6.45, 7) is 4.11. The van der Waals surface area contributed by atoms with Crippen molar-refractivity contribution in [2.45, 2.75) is 0 Å². The zero-order valence-electron chi connectivity index (χ0n) is 17.7. The molecular weight excluding hydrogens is 406 g/mol. The van der Waals surface area contributed by atoms with Crippen LogP contribution in [0.1, 0.15) is 10.4 Å². The van der Waals surface area contributed by atoms with Crippen molar-refractivity contribution in [3.8, 4) is 0 Å². The van der Waals surface area contributed by atoms with Crippen molar-refractivity contribution in [1.29, 1.82) is 0 Å². The second-order valence-electron chi connectivity index (χ2n) is 6.94. The molecule has 2 aliphatic rings. The number of hydrogen-bond donors (Lipinski definition) is 1. The zero-order valence-corrected chi connectivity index (χ0v) is 17.7. The van der Waals surface area contributed by atoms with Gasteiger partial charge in [-0.3, -0.25) is 9.69 Å². The Bertz CT molecular complexity index is 849. The van der Waals surface area contributed by atoms with Crippen LogP contribution in [0.2, 0.25) is 0 Å². The first-order valence-electron chi connectivity index (χ1n) is 9.99. The predicted molar refractivity (Wildman–Crippen MR) is 110 cm³/mol. The number of anilines is 1.